The topological polar surface area (TPSA) is 138 Å². The van der Waals surface area contributed by atoms with Crippen molar-refractivity contribution in [3.63, 3.8) is 0 Å². The molecule has 1 aliphatic carbocycles. The fraction of sp³-hybridized carbons (Fsp3) is 0.432. The minimum Gasteiger partial charge on any atom is -0.496 e. The van der Waals surface area contributed by atoms with Crippen molar-refractivity contribution in [2.75, 3.05) is 54.0 Å². The van der Waals surface area contributed by atoms with E-state index in [2.05, 4.69) is 22.6 Å². The molecule has 0 amide bonds. The number of pyridine rings is 1. The van der Waals surface area contributed by atoms with Gasteiger partial charge in [-0.3, -0.25) is 9.69 Å². The molecular formula is C44H56ClN5O6. The Kier molecular flexibility index (Phi) is 15.9. The molecule has 56 heavy (non-hydrogen) atoms. The zero-order chi connectivity index (χ0) is 40.0. The van der Waals surface area contributed by atoms with Crippen molar-refractivity contribution in [1.82, 2.24) is 15.2 Å². The Labute approximate surface area is 336 Å². The summed E-state index contributed by atoms with van der Waals surface area (Å²) in [5, 5.41) is 24.8. The molecule has 11 nitrogen and oxygen atoms in total. The van der Waals surface area contributed by atoms with Gasteiger partial charge in [0.05, 0.1) is 37.6 Å². The van der Waals surface area contributed by atoms with E-state index in [0.29, 0.717) is 52.8 Å². The highest BCUT2D eigenvalue weighted by molar-refractivity contribution is 6.36. The summed E-state index contributed by atoms with van der Waals surface area (Å²) in [5.41, 5.74) is 7.04. The highest BCUT2D eigenvalue weighted by Gasteiger charge is 2.27. The molecule has 1 saturated heterocycles. The average Bonchev–Trinajstić information content (AvgIpc) is 3.22. The molecule has 3 aromatic carbocycles. The van der Waals surface area contributed by atoms with Crippen LogP contribution in [0.25, 0.3) is 22.4 Å². The molecule has 12 heteroatoms. The Morgan fingerprint density at radius 3 is 2.18 bits per heavy atom. The number of aliphatic carboxylic acids is 1. The van der Waals surface area contributed by atoms with Crippen LogP contribution in [0.1, 0.15) is 68.1 Å². The molecule has 2 heterocycles. The minimum absolute atomic E-state index is 0.244. The largest absolute Gasteiger partial charge is 0.496 e. The summed E-state index contributed by atoms with van der Waals surface area (Å²) < 4.78 is 22.4. The van der Waals surface area contributed by atoms with Crippen LogP contribution in [0.5, 0.6) is 17.4 Å². The maximum atomic E-state index is 11.2. The molecule has 1 aromatic heterocycles. The Hall–Kier alpha value is -4.68. The molecule has 1 aliphatic heterocycles. The van der Waals surface area contributed by atoms with Gasteiger partial charge in [-0.2, -0.15) is 0 Å². The standard InChI is InChI=1S/C39H46ClN5O5.C5H10O/c1-42-22-25-14-17-34(44-39(25)50-5)30-10-6-9-29(38(30)40)28-8-7-11-33(31(28)21-41)43-26-19-35(48-3)32(36(20-26)49-4)23-45(2)27-15-12-24(13-16-27)18-37(46)47;1-2-4-6-5-3-1/h6-11,14,17,19-21,24,27,41-43H,12-13,15-16,18,22-23H2,1-5H3,(H,46,47);1-5H2. The van der Waals surface area contributed by atoms with Crippen LogP contribution in [0.4, 0.5) is 11.4 Å². The molecule has 2 fully saturated rings. The van der Waals surface area contributed by atoms with Crippen molar-refractivity contribution in [3.05, 3.63) is 82.4 Å². The lowest BCUT2D eigenvalue weighted by atomic mass is 9.83. The van der Waals surface area contributed by atoms with Crippen molar-refractivity contribution in [2.45, 2.75) is 70.5 Å². The van der Waals surface area contributed by atoms with E-state index >= 15 is 0 Å². The van der Waals surface area contributed by atoms with Crippen LogP contribution in [0.2, 0.25) is 5.02 Å². The summed E-state index contributed by atoms with van der Waals surface area (Å²) in [6.45, 7) is 3.25. The van der Waals surface area contributed by atoms with Crippen molar-refractivity contribution in [2.24, 2.45) is 5.92 Å². The molecule has 6 rings (SSSR count). The SMILES string of the molecule is C1CCOCC1.CNCc1ccc(-c2cccc(-c3cccc(Nc4cc(OC)c(CN(C)C5CCC(CC(=O)O)CC5)c(OC)c4)c3C=N)c2Cl)nc1OC. The van der Waals surface area contributed by atoms with Crippen LogP contribution in [0, 0.1) is 11.3 Å². The van der Waals surface area contributed by atoms with Gasteiger partial charge in [-0.1, -0.05) is 48.0 Å². The number of hydrogen-bond acceptors (Lipinski definition) is 10. The van der Waals surface area contributed by atoms with E-state index in [1.165, 1.54) is 25.5 Å². The first kappa shape index (κ1) is 42.5. The zero-order valence-electron chi connectivity index (χ0n) is 33.3. The lowest BCUT2D eigenvalue weighted by molar-refractivity contribution is -0.138. The first-order valence-electron chi connectivity index (χ1n) is 19.3. The van der Waals surface area contributed by atoms with Crippen LogP contribution < -0.4 is 24.8 Å². The number of carboxylic acid groups (broad SMARTS) is 1. The van der Waals surface area contributed by atoms with Crippen molar-refractivity contribution in [3.8, 4) is 39.8 Å². The first-order valence-corrected chi connectivity index (χ1v) is 19.7. The Morgan fingerprint density at radius 1 is 0.946 bits per heavy atom. The maximum Gasteiger partial charge on any atom is 0.303 e. The van der Waals surface area contributed by atoms with E-state index in [9.17, 15) is 9.90 Å². The second-order valence-electron chi connectivity index (χ2n) is 14.3. The van der Waals surface area contributed by atoms with Gasteiger partial charge in [-0.25, -0.2) is 4.98 Å². The predicted octanol–water partition coefficient (Wildman–Crippen LogP) is 9.21. The molecule has 0 atom stereocenters. The Balaban J connectivity index is 0.000000912. The maximum absolute atomic E-state index is 11.2. The predicted molar refractivity (Wildman–Crippen MR) is 224 cm³/mol. The van der Waals surface area contributed by atoms with E-state index in [4.69, 9.17) is 40.9 Å². The summed E-state index contributed by atoms with van der Waals surface area (Å²) in [4.78, 5) is 18.2. The van der Waals surface area contributed by atoms with Crippen LogP contribution in [0.15, 0.2) is 60.7 Å². The first-order chi connectivity index (χ1) is 27.2. The average molecular weight is 786 g/mol. The number of benzene rings is 3. The third-order valence-corrected chi connectivity index (χ3v) is 11.0. The smallest absolute Gasteiger partial charge is 0.303 e. The van der Waals surface area contributed by atoms with Crippen molar-refractivity contribution < 1.29 is 28.8 Å². The zero-order valence-corrected chi connectivity index (χ0v) is 34.0. The number of carbonyl (C=O) groups is 1. The number of carboxylic acids is 1. The van der Waals surface area contributed by atoms with Gasteiger partial charge >= 0.3 is 5.97 Å². The summed E-state index contributed by atoms with van der Waals surface area (Å²) in [6, 6.07) is 19.8. The van der Waals surface area contributed by atoms with Crippen LogP contribution in [0.3, 0.4) is 0 Å². The third-order valence-electron chi connectivity index (χ3n) is 10.6. The van der Waals surface area contributed by atoms with Gasteiger partial charge in [0.15, 0.2) is 0 Å². The number of methoxy groups -OCH3 is 3. The number of rotatable bonds is 15. The lowest BCUT2D eigenvalue weighted by Gasteiger charge is -2.34. The van der Waals surface area contributed by atoms with Crippen LogP contribution >= 0.6 is 11.6 Å². The van der Waals surface area contributed by atoms with Gasteiger partial charge in [0.2, 0.25) is 5.88 Å². The summed E-state index contributed by atoms with van der Waals surface area (Å²) in [7, 11) is 8.88. The molecule has 0 bridgehead atoms. The molecule has 4 aromatic rings. The third kappa shape index (κ3) is 10.8. The molecule has 0 spiro atoms. The molecule has 0 radical (unpaired) electrons. The number of hydrogen-bond donors (Lipinski definition) is 4. The second-order valence-corrected chi connectivity index (χ2v) is 14.7. The monoisotopic (exact) mass is 785 g/mol. The van der Waals surface area contributed by atoms with Gasteiger partial charge in [-0.05, 0) is 82.7 Å². The molecule has 2 aliphatic rings. The summed E-state index contributed by atoms with van der Waals surface area (Å²) in [5.74, 6) is 1.44. The Morgan fingerprint density at radius 2 is 1.61 bits per heavy atom. The van der Waals surface area contributed by atoms with Crippen molar-refractivity contribution in [1.29, 1.82) is 5.41 Å². The van der Waals surface area contributed by atoms with Gasteiger partial charge in [0, 0.05) is 90.7 Å². The quantitative estimate of drug-likeness (QED) is 0.0864. The number of aromatic nitrogens is 1. The fourth-order valence-corrected chi connectivity index (χ4v) is 7.92. The number of nitrogens with one attached hydrogen (secondary N) is 3. The number of nitrogens with zero attached hydrogens (tertiary/aromatic N) is 2. The van der Waals surface area contributed by atoms with E-state index < -0.39 is 5.97 Å². The summed E-state index contributed by atoms with van der Waals surface area (Å²) >= 11 is 7.09. The van der Waals surface area contributed by atoms with Gasteiger partial charge in [-0.15, -0.1) is 0 Å². The van der Waals surface area contributed by atoms with Crippen LogP contribution in [-0.2, 0) is 22.6 Å². The minimum atomic E-state index is -0.719. The molecule has 1 saturated carbocycles. The molecule has 0 unspecified atom stereocenters. The second kappa shape index (κ2) is 21.0. The van der Waals surface area contributed by atoms with E-state index in [-0.39, 0.29) is 12.3 Å². The number of ether oxygens (including phenoxy) is 4. The molecular weight excluding hydrogens is 730 g/mol. The normalized spacial score (nSPS) is 16.7. The molecule has 300 valence electrons. The van der Waals surface area contributed by atoms with E-state index in [1.54, 1.807) is 21.3 Å². The number of halogens is 1. The van der Waals surface area contributed by atoms with E-state index in [1.807, 2.05) is 67.7 Å². The lowest BCUT2D eigenvalue weighted by Crippen LogP contribution is -2.35. The Bertz CT molecular complexity index is 1890. The number of anilines is 2. The highest BCUT2D eigenvalue weighted by Crippen LogP contribution is 2.41. The summed E-state index contributed by atoms with van der Waals surface area (Å²) in [6.07, 6.45) is 9.26. The highest BCUT2D eigenvalue weighted by atomic mass is 35.5. The fourth-order valence-electron chi connectivity index (χ4n) is 7.59. The van der Waals surface area contributed by atoms with Gasteiger partial charge in [0.1, 0.15) is 11.5 Å². The van der Waals surface area contributed by atoms with Gasteiger partial charge in [0.25, 0.3) is 0 Å². The molecule has 4 N–H and O–H groups in total. The van der Waals surface area contributed by atoms with Crippen molar-refractivity contribution >= 4 is 35.2 Å². The van der Waals surface area contributed by atoms with E-state index in [0.717, 1.165) is 78.1 Å². The van der Waals surface area contributed by atoms with Gasteiger partial charge < -0.3 is 40.1 Å². The van der Waals surface area contributed by atoms with Crippen LogP contribution in [-0.4, -0.2) is 81.9 Å².